The number of esters is 1. The summed E-state index contributed by atoms with van der Waals surface area (Å²) in [6, 6.07) is 7.11. The Labute approximate surface area is 132 Å². The molecule has 2 rings (SSSR count). The van der Waals surface area contributed by atoms with Gasteiger partial charge in [0.2, 0.25) is 0 Å². The predicted molar refractivity (Wildman–Crippen MR) is 79.5 cm³/mol. The second-order valence-electron chi connectivity index (χ2n) is 4.53. The van der Waals surface area contributed by atoms with Crippen molar-refractivity contribution in [2.24, 2.45) is 0 Å². The van der Waals surface area contributed by atoms with Gasteiger partial charge in [-0.1, -0.05) is 28.9 Å². The fraction of sp³-hybridized carbons (Fsp3) is 0.267. The molecule has 0 bridgehead atoms. The van der Waals surface area contributed by atoms with Crippen molar-refractivity contribution in [3.05, 3.63) is 52.4 Å². The summed E-state index contributed by atoms with van der Waals surface area (Å²) in [5, 5.41) is 6.74. The monoisotopic (exact) mass is 322 g/mol. The first-order chi connectivity index (χ1) is 10.5. The molecule has 0 aliphatic heterocycles. The van der Waals surface area contributed by atoms with Crippen molar-refractivity contribution in [1.82, 2.24) is 10.5 Å². The summed E-state index contributed by atoms with van der Waals surface area (Å²) < 4.78 is 9.85. The van der Waals surface area contributed by atoms with E-state index in [1.54, 1.807) is 38.1 Å². The van der Waals surface area contributed by atoms with Crippen molar-refractivity contribution in [2.45, 2.75) is 19.9 Å². The Morgan fingerprint density at radius 1 is 1.36 bits per heavy atom. The molecule has 0 unspecified atom stereocenters. The van der Waals surface area contributed by atoms with Crippen molar-refractivity contribution < 1.29 is 18.8 Å². The first kappa shape index (κ1) is 16.0. The van der Waals surface area contributed by atoms with E-state index in [9.17, 15) is 9.59 Å². The second kappa shape index (κ2) is 7.09. The second-order valence-corrected chi connectivity index (χ2v) is 4.97. The van der Waals surface area contributed by atoms with Crippen molar-refractivity contribution in [3.8, 4) is 0 Å². The van der Waals surface area contributed by atoms with Gasteiger partial charge in [-0.05, 0) is 31.5 Å². The first-order valence-corrected chi connectivity index (χ1v) is 7.05. The van der Waals surface area contributed by atoms with Gasteiger partial charge >= 0.3 is 5.97 Å². The van der Waals surface area contributed by atoms with Crippen LogP contribution < -0.4 is 5.32 Å². The van der Waals surface area contributed by atoms with Crippen LogP contribution in [0.25, 0.3) is 0 Å². The third kappa shape index (κ3) is 3.85. The summed E-state index contributed by atoms with van der Waals surface area (Å²) in [5.74, 6) is -0.576. The van der Waals surface area contributed by atoms with E-state index in [-0.39, 0.29) is 12.3 Å². The normalized spacial score (nSPS) is 11.8. The number of rotatable bonds is 5. The SMILES string of the molecule is CCOC(=O)[C@H](NC(=O)c1cc(C)on1)c1ccc(Cl)cc1. The Bertz CT molecular complexity index is 666. The maximum absolute atomic E-state index is 12.1. The minimum Gasteiger partial charge on any atom is -0.464 e. The highest BCUT2D eigenvalue weighted by Gasteiger charge is 2.25. The van der Waals surface area contributed by atoms with Crippen LogP contribution in [0.2, 0.25) is 5.02 Å². The van der Waals surface area contributed by atoms with Crippen LogP contribution in [0, 0.1) is 6.92 Å². The molecule has 1 N–H and O–H groups in total. The number of halogens is 1. The summed E-state index contributed by atoms with van der Waals surface area (Å²) in [6.45, 7) is 3.58. The summed E-state index contributed by atoms with van der Waals surface area (Å²) in [6.07, 6.45) is 0. The number of nitrogens with zero attached hydrogens (tertiary/aromatic N) is 1. The van der Waals surface area contributed by atoms with Gasteiger partial charge in [0.1, 0.15) is 5.76 Å². The lowest BCUT2D eigenvalue weighted by Crippen LogP contribution is -2.35. The molecule has 0 fully saturated rings. The number of hydrogen-bond donors (Lipinski definition) is 1. The fourth-order valence-corrected chi connectivity index (χ4v) is 1.96. The Morgan fingerprint density at radius 2 is 2.05 bits per heavy atom. The molecule has 1 amide bonds. The Morgan fingerprint density at radius 3 is 2.59 bits per heavy atom. The molecule has 116 valence electrons. The van der Waals surface area contributed by atoms with Crippen LogP contribution in [0.15, 0.2) is 34.9 Å². The highest BCUT2D eigenvalue weighted by molar-refractivity contribution is 6.30. The number of aryl methyl sites for hydroxylation is 1. The summed E-state index contributed by atoms with van der Waals surface area (Å²) in [5.41, 5.74) is 0.664. The molecule has 0 spiro atoms. The molecule has 6 nitrogen and oxygen atoms in total. The molecular formula is C15H15ClN2O4. The molecule has 0 radical (unpaired) electrons. The van der Waals surface area contributed by atoms with Crippen LogP contribution in [0.4, 0.5) is 0 Å². The zero-order valence-corrected chi connectivity index (χ0v) is 12.9. The number of nitrogens with one attached hydrogen (secondary N) is 1. The van der Waals surface area contributed by atoms with Crippen molar-refractivity contribution in [3.63, 3.8) is 0 Å². The number of amides is 1. The van der Waals surface area contributed by atoms with Crippen LogP contribution in [0.3, 0.4) is 0 Å². The lowest BCUT2D eigenvalue weighted by Gasteiger charge is -2.17. The smallest absolute Gasteiger partial charge is 0.333 e. The van der Waals surface area contributed by atoms with E-state index in [1.165, 1.54) is 6.07 Å². The molecule has 1 aromatic heterocycles. The van der Waals surface area contributed by atoms with Crippen molar-refractivity contribution >= 4 is 23.5 Å². The number of benzene rings is 1. The minimum atomic E-state index is -0.943. The van der Waals surface area contributed by atoms with Crippen molar-refractivity contribution in [2.75, 3.05) is 6.61 Å². The van der Waals surface area contributed by atoms with Gasteiger partial charge in [0.15, 0.2) is 11.7 Å². The topological polar surface area (TPSA) is 81.4 Å². The van der Waals surface area contributed by atoms with E-state index >= 15 is 0 Å². The molecule has 0 aliphatic rings. The van der Waals surface area contributed by atoms with E-state index in [2.05, 4.69) is 10.5 Å². The molecule has 0 saturated carbocycles. The van der Waals surface area contributed by atoms with Crippen LogP contribution in [-0.2, 0) is 9.53 Å². The Hall–Kier alpha value is -2.34. The van der Waals surface area contributed by atoms with E-state index in [4.69, 9.17) is 20.9 Å². The molecule has 1 aromatic carbocycles. The molecule has 22 heavy (non-hydrogen) atoms. The van der Waals surface area contributed by atoms with Crippen LogP contribution >= 0.6 is 11.6 Å². The summed E-state index contributed by atoms with van der Waals surface area (Å²) in [4.78, 5) is 24.2. The third-order valence-electron chi connectivity index (χ3n) is 2.86. The van der Waals surface area contributed by atoms with E-state index < -0.39 is 17.9 Å². The number of carbonyl (C=O) groups is 2. The van der Waals surface area contributed by atoms with E-state index in [1.807, 2.05) is 0 Å². The molecule has 1 heterocycles. The minimum absolute atomic E-state index is 0.0979. The molecule has 1 atom stereocenters. The molecule has 0 saturated heterocycles. The van der Waals surface area contributed by atoms with E-state index in [0.29, 0.717) is 16.3 Å². The summed E-state index contributed by atoms with van der Waals surface area (Å²) >= 11 is 5.84. The fourth-order valence-electron chi connectivity index (χ4n) is 1.84. The standard InChI is InChI=1S/C15H15ClN2O4/c1-3-21-15(20)13(10-4-6-11(16)7-5-10)17-14(19)12-8-9(2)22-18-12/h4-8,13H,3H2,1-2H3,(H,17,19)/t13-/m1/s1. The first-order valence-electron chi connectivity index (χ1n) is 6.67. The Balaban J connectivity index is 2.22. The highest BCUT2D eigenvalue weighted by atomic mass is 35.5. The van der Waals surface area contributed by atoms with Gasteiger partial charge in [-0.25, -0.2) is 4.79 Å². The molecule has 2 aromatic rings. The maximum Gasteiger partial charge on any atom is 0.333 e. The Kier molecular flexibility index (Phi) is 5.16. The van der Waals surface area contributed by atoms with Gasteiger partial charge in [-0.3, -0.25) is 4.79 Å². The maximum atomic E-state index is 12.1. The van der Waals surface area contributed by atoms with Gasteiger partial charge < -0.3 is 14.6 Å². The van der Waals surface area contributed by atoms with Crippen molar-refractivity contribution in [1.29, 1.82) is 0 Å². The number of ether oxygens (including phenoxy) is 1. The average molecular weight is 323 g/mol. The zero-order valence-electron chi connectivity index (χ0n) is 12.1. The lowest BCUT2D eigenvalue weighted by atomic mass is 10.1. The lowest BCUT2D eigenvalue weighted by molar-refractivity contribution is -0.145. The van der Waals surface area contributed by atoms with Gasteiger partial charge in [0.05, 0.1) is 6.61 Å². The molecule has 7 heteroatoms. The van der Waals surface area contributed by atoms with Crippen LogP contribution in [0.1, 0.15) is 34.8 Å². The van der Waals surface area contributed by atoms with Gasteiger partial charge in [0.25, 0.3) is 5.91 Å². The number of carbonyl (C=O) groups excluding carboxylic acids is 2. The molecule has 0 aliphatic carbocycles. The predicted octanol–water partition coefficient (Wildman–Crippen LogP) is 2.67. The van der Waals surface area contributed by atoms with Gasteiger partial charge in [-0.15, -0.1) is 0 Å². The zero-order chi connectivity index (χ0) is 16.1. The van der Waals surface area contributed by atoms with Gasteiger partial charge in [0, 0.05) is 11.1 Å². The van der Waals surface area contributed by atoms with E-state index in [0.717, 1.165) is 0 Å². The average Bonchev–Trinajstić information content (AvgIpc) is 2.92. The van der Waals surface area contributed by atoms with Crippen LogP contribution in [-0.4, -0.2) is 23.6 Å². The largest absolute Gasteiger partial charge is 0.464 e. The quantitative estimate of drug-likeness (QED) is 0.856. The molecular weight excluding hydrogens is 308 g/mol. The van der Waals surface area contributed by atoms with Gasteiger partial charge in [-0.2, -0.15) is 0 Å². The summed E-state index contributed by atoms with van der Waals surface area (Å²) in [7, 11) is 0. The van der Waals surface area contributed by atoms with Crippen LogP contribution in [0.5, 0.6) is 0 Å². The number of aromatic nitrogens is 1. The number of hydrogen-bond acceptors (Lipinski definition) is 5. The third-order valence-corrected chi connectivity index (χ3v) is 3.11. The highest BCUT2D eigenvalue weighted by Crippen LogP contribution is 2.18.